The third-order valence-electron chi connectivity index (χ3n) is 7.79. The normalized spacial score (nSPS) is 36.2. The number of hydrogen-bond donors (Lipinski definition) is 1. The predicted molar refractivity (Wildman–Crippen MR) is 125 cm³/mol. The number of hydrogen-bond acceptors (Lipinski definition) is 6. The monoisotopic (exact) mass is 474 g/mol. The van der Waals surface area contributed by atoms with E-state index in [1.54, 1.807) is 11.0 Å². The van der Waals surface area contributed by atoms with E-state index in [0.717, 1.165) is 0 Å². The number of esters is 1. The molecular formula is C26H38N2O6. The number of aliphatic hydroxyl groups excluding tert-OH is 1. The van der Waals surface area contributed by atoms with Gasteiger partial charge in [0, 0.05) is 12.1 Å². The van der Waals surface area contributed by atoms with Gasteiger partial charge in [0.25, 0.3) is 0 Å². The first kappa shape index (κ1) is 24.9. The fraction of sp³-hybridized carbons (Fsp3) is 0.731. The van der Waals surface area contributed by atoms with E-state index in [1.165, 1.54) is 4.90 Å². The Bertz CT molecular complexity index is 921. The fourth-order valence-electron chi connectivity index (χ4n) is 6.35. The minimum atomic E-state index is -1.32. The molecule has 4 rings (SSSR count). The molecule has 0 radical (unpaired) electrons. The van der Waals surface area contributed by atoms with Crippen LogP contribution in [0.15, 0.2) is 24.3 Å². The number of cyclic esters (lactones) is 1. The van der Waals surface area contributed by atoms with Crippen LogP contribution in [-0.2, 0) is 23.9 Å². The van der Waals surface area contributed by atoms with E-state index in [2.05, 4.69) is 0 Å². The smallest absolute Gasteiger partial charge is 0.313 e. The molecule has 8 heteroatoms. The number of rotatable bonds is 5. The molecule has 4 aliphatic heterocycles. The van der Waals surface area contributed by atoms with Crippen LogP contribution in [0.1, 0.15) is 54.4 Å². The van der Waals surface area contributed by atoms with Crippen LogP contribution in [0.3, 0.4) is 0 Å². The quantitative estimate of drug-likeness (QED) is 0.484. The Hall–Kier alpha value is -2.19. The lowest BCUT2D eigenvalue weighted by molar-refractivity contribution is -0.163. The summed E-state index contributed by atoms with van der Waals surface area (Å²) in [6.45, 7) is 12.1. The zero-order chi connectivity index (χ0) is 25.1. The van der Waals surface area contributed by atoms with Gasteiger partial charge in [0.05, 0.1) is 18.6 Å². The Labute approximate surface area is 201 Å². The van der Waals surface area contributed by atoms with Crippen LogP contribution in [0.4, 0.5) is 0 Å². The molecule has 188 valence electrons. The number of carbonyl (C=O) groups excluding carboxylic acids is 3. The summed E-state index contributed by atoms with van der Waals surface area (Å²) in [6, 6.07) is -1.54. The number of fused-ring (bicyclic) bond motifs is 2. The molecule has 8 nitrogen and oxygen atoms in total. The number of likely N-dealkylation sites (tertiary alicyclic amines) is 1. The van der Waals surface area contributed by atoms with Gasteiger partial charge < -0.3 is 24.4 Å². The van der Waals surface area contributed by atoms with Gasteiger partial charge in [-0.25, -0.2) is 0 Å². The Morgan fingerprint density at radius 1 is 1.12 bits per heavy atom. The zero-order valence-corrected chi connectivity index (χ0v) is 21.1. The molecule has 0 aromatic rings. The van der Waals surface area contributed by atoms with Crippen molar-refractivity contribution in [1.82, 2.24) is 9.80 Å². The van der Waals surface area contributed by atoms with Crippen molar-refractivity contribution in [2.45, 2.75) is 83.2 Å². The van der Waals surface area contributed by atoms with Gasteiger partial charge in [-0.2, -0.15) is 0 Å². The SMILES string of the molecule is CC[C@@]12C=CCOC(=O)[C@@H]1[C@H]1C(=O)N([C@@H](CO)CC(C)C)C3C(=O)N(C(C)(C)C)CC=C[C@@]31O2. The van der Waals surface area contributed by atoms with Crippen molar-refractivity contribution in [1.29, 1.82) is 0 Å². The Balaban J connectivity index is 1.93. The van der Waals surface area contributed by atoms with Crippen LogP contribution in [-0.4, -0.2) is 81.3 Å². The van der Waals surface area contributed by atoms with Gasteiger partial charge in [0.2, 0.25) is 11.8 Å². The predicted octanol–water partition coefficient (Wildman–Crippen LogP) is 2.06. The number of amides is 2. The maximum atomic E-state index is 14.2. The van der Waals surface area contributed by atoms with Crippen molar-refractivity contribution in [3.63, 3.8) is 0 Å². The number of ether oxygens (including phenoxy) is 2. The maximum absolute atomic E-state index is 14.2. The molecule has 1 spiro atoms. The van der Waals surface area contributed by atoms with Crippen molar-refractivity contribution >= 4 is 17.8 Å². The number of nitrogens with zero attached hydrogens (tertiary/aromatic N) is 2. The highest BCUT2D eigenvalue weighted by molar-refractivity contribution is 5.99. The Morgan fingerprint density at radius 3 is 2.41 bits per heavy atom. The van der Waals surface area contributed by atoms with Gasteiger partial charge in [-0.1, -0.05) is 39.0 Å². The zero-order valence-electron chi connectivity index (χ0n) is 21.1. The van der Waals surface area contributed by atoms with E-state index in [0.29, 0.717) is 19.4 Å². The molecule has 0 bridgehead atoms. The van der Waals surface area contributed by atoms with E-state index in [1.807, 2.05) is 59.8 Å². The summed E-state index contributed by atoms with van der Waals surface area (Å²) >= 11 is 0. The lowest BCUT2D eigenvalue weighted by Crippen LogP contribution is -2.61. The van der Waals surface area contributed by atoms with Crippen molar-refractivity contribution in [2.75, 3.05) is 19.8 Å². The van der Waals surface area contributed by atoms with Gasteiger partial charge >= 0.3 is 5.97 Å². The van der Waals surface area contributed by atoms with Crippen LogP contribution in [0, 0.1) is 17.8 Å². The van der Waals surface area contributed by atoms with Crippen molar-refractivity contribution in [3.05, 3.63) is 24.3 Å². The molecular weight excluding hydrogens is 436 g/mol. The molecule has 1 N–H and O–H groups in total. The molecule has 1 unspecified atom stereocenters. The summed E-state index contributed by atoms with van der Waals surface area (Å²) in [5.41, 5.74) is -2.84. The summed E-state index contributed by atoms with van der Waals surface area (Å²) in [4.78, 5) is 45.0. The molecule has 34 heavy (non-hydrogen) atoms. The largest absolute Gasteiger partial charge is 0.461 e. The minimum absolute atomic E-state index is 0.126. The third-order valence-corrected chi connectivity index (χ3v) is 7.79. The first-order valence-electron chi connectivity index (χ1n) is 12.4. The average Bonchev–Trinajstić information content (AvgIpc) is 3.03. The van der Waals surface area contributed by atoms with Crippen molar-refractivity contribution < 1.29 is 29.0 Å². The van der Waals surface area contributed by atoms with Gasteiger partial charge in [-0.3, -0.25) is 14.4 Å². The topological polar surface area (TPSA) is 96.4 Å². The van der Waals surface area contributed by atoms with Crippen LogP contribution >= 0.6 is 0 Å². The first-order valence-corrected chi connectivity index (χ1v) is 12.4. The molecule has 0 aliphatic carbocycles. The van der Waals surface area contributed by atoms with E-state index in [-0.39, 0.29) is 30.9 Å². The van der Waals surface area contributed by atoms with E-state index in [9.17, 15) is 19.5 Å². The number of aliphatic hydroxyl groups is 1. The maximum Gasteiger partial charge on any atom is 0.313 e. The molecule has 4 heterocycles. The summed E-state index contributed by atoms with van der Waals surface area (Å²) in [6.07, 6.45) is 8.31. The highest BCUT2D eigenvalue weighted by Gasteiger charge is 2.76. The standard InChI is InChI=1S/C26H38N2O6/c1-7-25-10-9-13-33-23(32)19(25)18-21(30)28(17(15-29)14-16(2)3)20-22(31)27(24(4,5)6)12-8-11-26(18,20)34-25/h8-11,16-20,29H,7,12-15H2,1-6H3/t17-,18+,19+,20?,25-,26+/m1/s1. The van der Waals surface area contributed by atoms with E-state index >= 15 is 0 Å². The number of carbonyl (C=O) groups is 3. The highest BCUT2D eigenvalue weighted by atomic mass is 16.6. The lowest BCUT2D eigenvalue weighted by atomic mass is 9.73. The van der Waals surface area contributed by atoms with Gasteiger partial charge in [0.1, 0.15) is 29.8 Å². The van der Waals surface area contributed by atoms with E-state index in [4.69, 9.17) is 9.47 Å². The molecule has 2 fully saturated rings. The van der Waals surface area contributed by atoms with Crippen molar-refractivity contribution in [3.8, 4) is 0 Å². The molecule has 6 atom stereocenters. The third kappa shape index (κ3) is 3.52. The first-order chi connectivity index (χ1) is 15.9. The molecule has 0 aromatic heterocycles. The summed E-state index contributed by atoms with van der Waals surface area (Å²) in [5.74, 6) is -2.62. The Morgan fingerprint density at radius 2 is 1.82 bits per heavy atom. The average molecular weight is 475 g/mol. The molecule has 0 saturated carbocycles. The van der Waals surface area contributed by atoms with Gasteiger partial charge in [0.15, 0.2) is 0 Å². The summed E-state index contributed by atoms with van der Waals surface area (Å²) in [5, 5.41) is 10.3. The minimum Gasteiger partial charge on any atom is -0.461 e. The van der Waals surface area contributed by atoms with Crippen LogP contribution in [0.5, 0.6) is 0 Å². The van der Waals surface area contributed by atoms with E-state index < -0.39 is 46.6 Å². The van der Waals surface area contributed by atoms with Gasteiger partial charge in [-0.15, -0.1) is 0 Å². The van der Waals surface area contributed by atoms with Crippen LogP contribution in [0.2, 0.25) is 0 Å². The summed E-state index contributed by atoms with van der Waals surface area (Å²) in [7, 11) is 0. The molecule has 0 aromatic carbocycles. The lowest BCUT2D eigenvalue weighted by Gasteiger charge is -2.43. The van der Waals surface area contributed by atoms with Crippen LogP contribution < -0.4 is 0 Å². The summed E-state index contributed by atoms with van der Waals surface area (Å²) < 4.78 is 12.3. The molecule has 4 aliphatic rings. The van der Waals surface area contributed by atoms with Crippen molar-refractivity contribution in [2.24, 2.45) is 17.8 Å². The van der Waals surface area contributed by atoms with Crippen LogP contribution in [0.25, 0.3) is 0 Å². The Kier molecular flexibility index (Phi) is 6.22. The highest BCUT2D eigenvalue weighted by Crippen LogP contribution is 2.59. The second-order valence-corrected chi connectivity index (χ2v) is 11.4. The molecule has 2 saturated heterocycles. The van der Waals surface area contributed by atoms with Gasteiger partial charge in [-0.05, 0) is 45.6 Å². The molecule has 2 amide bonds. The second kappa shape index (κ2) is 8.48. The fourth-order valence-corrected chi connectivity index (χ4v) is 6.35. The second-order valence-electron chi connectivity index (χ2n) is 11.4.